The number of nitrogens with zero attached hydrogens (tertiary/aromatic N) is 3. The quantitative estimate of drug-likeness (QED) is 0.915. The highest BCUT2D eigenvalue weighted by atomic mass is 16.2. The van der Waals surface area contributed by atoms with Crippen molar-refractivity contribution in [3.8, 4) is 0 Å². The van der Waals surface area contributed by atoms with E-state index in [1.54, 1.807) is 22.7 Å². The zero-order chi connectivity index (χ0) is 15.9. The minimum absolute atomic E-state index is 0.0231. The summed E-state index contributed by atoms with van der Waals surface area (Å²) in [7, 11) is 1.81. The van der Waals surface area contributed by atoms with Crippen molar-refractivity contribution in [1.29, 1.82) is 0 Å². The molecule has 6 heteroatoms. The molecule has 2 unspecified atom stereocenters. The SMILES string of the molecule is CCC1(C)NC(=O)C(C(C)C)N(c2cn(C)nc2C)C1=O. The molecule has 1 aromatic heterocycles. The molecular formula is C15H24N4O2. The van der Waals surface area contributed by atoms with E-state index in [1.807, 2.05) is 34.7 Å². The molecule has 0 spiro atoms. The van der Waals surface area contributed by atoms with Gasteiger partial charge in [-0.15, -0.1) is 0 Å². The lowest BCUT2D eigenvalue weighted by atomic mass is 9.88. The molecule has 1 fully saturated rings. The van der Waals surface area contributed by atoms with Gasteiger partial charge in [0.1, 0.15) is 11.6 Å². The molecular weight excluding hydrogens is 268 g/mol. The van der Waals surface area contributed by atoms with Gasteiger partial charge in [0.05, 0.1) is 11.4 Å². The van der Waals surface area contributed by atoms with E-state index in [0.29, 0.717) is 6.42 Å². The van der Waals surface area contributed by atoms with Crippen molar-refractivity contribution in [1.82, 2.24) is 15.1 Å². The molecule has 21 heavy (non-hydrogen) atoms. The summed E-state index contributed by atoms with van der Waals surface area (Å²) in [5.41, 5.74) is 0.616. The molecule has 2 heterocycles. The summed E-state index contributed by atoms with van der Waals surface area (Å²) in [4.78, 5) is 27.1. The minimum Gasteiger partial charge on any atom is -0.340 e. The molecule has 2 amide bonds. The molecule has 6 nitrogen and oxygen atoms in total. The van der Waals surface area contributed by atoms with Crippen LogP contribution in [0.4, 0.5) is 5.69 Å². The number of piperazine rings is 1. The van der Waals surface area contributed by atoms with E-state index in [9.17, 15) is 9.59 Å². The van der Waals surface area contributed by atoms with E-state index >= 15 is 0 Å². The van der Waals surface area contributed by atoms with Gasteiger partial charge in [-0.2, -0.15) is 5.10 Å². The minimum atomic E-state index is -0.856. The maximum atomic E-state index is 13.0. The van der Waals surface area contributed by atoms with Crippen molar-refractivity contribution in [2.45, 2.75) is 52.6 Å². The number of rotatable bonds is 3. The molecule has 0 aromatic carbocycles. The van der Waals surface area contributed by atoms with Crippen LogP contribution in [-0.2, 0) is 16.6 Å². The summed E-state index contributed by atoms with van der Waals surface area (Å²) in [6.07, 6.45) is 2.36. The first-order valence-corrected chi connectivity index (χ1v) is 7.37. The first kappa shape index (κ1) is 15.5. The Hall–Kier alpha value is -1.85. The number of hydrogen-bond acceptors (Lipinski definition) is 3. The first-order valence-electron chi connectivity index (χ1n) is 7.37. The van der Waals surface area contributed by atoms with Gasteiger partial charge in [0, 0.05) is 13.2 Å². The first-order chi connectivity index (χ1) is 9.71. The third-order valence-corrected chi connectivity index (χ3v) is 4.22. The largest absolute Gasteiger partial charge is 0.340 e. The van der Waals surface area contributed by atoms with Crippen molar-refractivity contribution < 1.29 is 9.59 Å². The molecule has 0 aliphatic carbocycles. The van der Waals surface area contributed by atoms with E-state index in [-0.39, 0.29) is 17.7 Å². The smallest absolute Gasteiger partial charge is 0.253 e. The van der Waals surface area contributed by atoms with Crippen LogP contribution in [0, 0.1) is 12.8 Å². The number of aromatic nitrogens is 2. The van der Waals surface area contributed by atoms with E-state index < -0.39 is 11.6 Å². The Morgan fingerprint density at radius 3 is 2.48 bits per heavy atom. The highest BCUT2D eigenvalue weighted by Gasteiger charge is 2.49. The van der Waals surface area contributed by atoms with E-state index in [0.717, 1.165) is 11.4 Å². The zero-order valence-electron chi connectivity index (χ0n) is 13.6. The van der Waals surface area contributed by atoms with Crippen LogP contribution in [0.2, 0.25) is 0 Å². The number of amides is 2. The van der Waals surface area contributed by atoms with Crippen LogP contribution >= 0.6 is 0 Å². The normalized spacial score (nSPS) is 26.4. The number of nitrogens with one attached hydrogen (secondary N) is 1. The number of aryl methyl sites for hydroxylation is 2. The fourth-order valence-corrected chi connectivity index (χ4v) is 2.83. The van der Waals surface area contributed by atoms with Gasteiger partial charge in [0.25, 0.3) is 5.91 Å². The Morgan fingerprint density at radius 2 is 2.05 bits per heavy atom. The Morgan fingerprint density at radius 1 is 1.43 bits per heavy atom. The van der Waals surface area contributed by atoms with E-state index in [1.165, 1.54) is 0 Å². The fraction of sp³-hybridized carbons (Fsp3) is 0.667. The molecule has 2 atom stereocenters. The molecule has 1 saturated heterocycles. The summed E-state index contributed by atoms with van der Waals surface area (Å²) >= 11 is 0. The van der Waals surface area contributed by atoms with E-state index in [4.69, 9.17) is 0 Å². The van der Waals surface area contributed by atoms with Gasteiger partial charge in [-0.05, 0) is 26.2 Å². The molecule has 2 rings (SSSR count). The van der Waals surface area contributed by atoms with Crippen LogP contribution in [-0.4, -0.2) is 33.2 Å². The van der Waals surface area contributed by atoms with Gasteiger partial charge >= 0.3 is 0 Å². The molecule has 116 valence electrons. The van der Waals surface area contributed by atoms with Gasteiger partial charge in [-0.1, -0.05) is 20.8 Å². The Balaban J connectivity index is 2.57. The predicted molar refractivity (Wildman–Crippen MR) is 80.9 cm³/mol. The Bertz CT molecular complexity index is 578. The molecule has 0 bridgehead atoms. The second-order valence-corrected chi connectivity index (χ2v) is 6.31. The molecule has 1 aromatic rings. The lowest BCUT2D eigenvalue weighted by molar-refractivity contribution is -0.138. The number of anilines is 1. The standard InChI is InChI=1S/C15H24N4O2/c1-7-15(5)14(21)19(11-8-18(6)17-10(11)4)12(9(2)3)13(20)16-15/h8-9,12H,7H2,1-6H3,(H,16,20). The number of carbonyl (C=O) groups is 2. The highest BCUT2D eigenvalue weighted by Crippen LogP contribution is 2.31. The summed E-state index contributed by atoms with van der Waals surface area (Å²) in [6.45, 7) is 9.44. The van der Waals surface area contributed by atoms with Gasteiger partial charge < -0.3 is 5.32 Å². The summed E-state index contributed by atoms with van der Waals surface area (Å²) < 4.78 is 1.67. The number of hydrogen-bond donors (Lipinski definition) is 1. The van der Waals surface area contributed by atoms with Crippen LogP contribution in [0.15, 0.2) is 6.20 Å². The molecule has 1 N–H and O–H groups in total. The maximum Gasteiger partial charge on any atom is 0.253 e. The lowest BCUT2D eigenvalue weighted by Crippen LogP contribution is -2.70. The average molecular weight is 292 g/mol. The fourth-order valence-electron chi connectivity index (χ4n) is 2.83. The van der Waals surface area contributed by atoms with Gasteiger partial charge in [-0.25, -0.2) is 0 Å². The highest BCUT2D eigenvalue weighted by molar-refractivity contribution is 6.10. The number of carbonyl (C=O) groups excluding carboxylic acids is 2. The van der Waals surface area contributed by atoms with Crippen LogP contribution < -0.4 is 10.2 Å². The topological polar surface area (TPSA) is 67.2 Å². The molecule has 0 radical (unpaired) electrons. The van der Waals surface area contributed by atoms with Crippen molar-refractivity contribution >= 4 is 17.5 Å². The molecule has 0 saturated carbocycles. The van der Waals surface area contributed by atoms with E-state index in [2.05, 4.69) is 10.4 Å². The predicted octanol–water partition coefficient (Wildman–Crippen LogP) is 1.38. The Labute approximate surface area is 125 Å². The van der Waals surface area contributed by atoms with Crippen molar-refractivity contribution in [2.24, 2.45) is 13.0 Å². The summed E-state index contributed by atoms with van der Waals surface area (Å²) in [6, 6.07) is -0.500. The Kier molecular flexibility index (Phi) is 3.82. The van der Waals surface area contributed by atoms with Gasteiger partial charge in [0.2, 0.25) is 5.91 Å². The van der Waals surface area contributed by atoms with Crippen LogP contribution in [0.5, 0.6) is 0 Å². The third kappa shape index (κ3) is 2.43. The van der Waals surface area contributed by atoms with Crippen molar-refractivity contribution in [3.63, 3.8) is 0 Å². The summed E-state index contributed by atoms with van der Waals surface area (Å²) in [5.74, 6) is -0.147. The van der Waals surface area contributed by atoms with Gasteiger partial charge in [0.15, 0.2) is 0 Å². The average Bonchev–Trinajstić information content (AvgIpc) is 2.71. The van der Waals surface area contributed by atoms with Gasteiger partial charge in [-0.3, -0.25) is 19.2 Å². The monoisotopic (exact) mass is 292 g/mol. The molecule has 1 aliphatic rings. The van der Waals surface area contributed by atoms with Crippen LogP contribution in [0.1, 0.15) is 39.8 Å². The second-order valence-electron chi connectivity index (χ2n) is 6.31. The van der Waals surface area contributed by atoms with Crippen LogP contribution in [0.3, 0.4) is 0 Å². The van der Waals surface area contributed by atoms with Crippen molar-refractivity contribution in [3.05, 3.63) is 11.9 Å². The zero-order valence-corrected chi connectivity index (χ0v) is 13.6. The van der Waals surface area contributed by atoms with Crippen molar-refractivity contribution in [2.75, 3.05) is 4.90 Å². The lowest BCUT2D eigenvalue weighted by Gasteiger charge is -2.45. The molecule has 1 aliphatic heterocycles. The second kappa shape index (κ2) is 5.16. The summed E-state index contributed by atoms with van der Waals surface area (Å²) in [5, 5.41) is 7.20. The third-order valence-electron chi connectivity index (χ3n) is 4.22. The maximum absolute atomic E-state index is 13.0. The van der Waals surface area contributed by atoms with Crippen LogP contribution in [0.25, 0.3) is 0 Å².